The van der Waals surface area contributed by atoms with Crippen molar-refractivity contribution in [2.75, 3.05) is 17.3 Å². The largest absolute Gasteiger partial charge is 0.349 e. The highest BCUT2D eigenvalue weighted by atomic mass is 32.2. The number of carbonyl (C=O) groups is 1. The molecule has 0 bridgehead atoms. The van der Waals surface area contributed by atoms with Crippen LogP contribution in [0.15, 0.2) is 35.2 Å². The maximum atomic E-state index is 11.9. The Kier molecular flexibility index (Phi) is 4.20. The second-order valence-electron chi connectivity index (χ2n) is 5.05. The lowest BCUT2D eigenvalue weighted by atomic mass is 10.0. The van der Waals surface area contributed by atoms with Gasteiger partial charge in [-0.05, 0) is 25.5 Å². The van der Waals surface area contributed by atoms with Crippen molar-refractivity contribution in [2.24, 2.45) is 0 Å². The number of amides is 1. The molecule has 1 aromatic carbocycles. The van der Waals surface area contributed by atoms with E-state index in [2.05, 4.69) is 5.32 Å². The number of carbonyl (C=O) groups excluding carboxylic acids is 1. The number of hydrogen-bond donors (Lipinski definition) is 1. The summed E-state index contributed by atoms with van der Waals surface area (Å²) in [4.78, 5) is 12.9. The standard InChI is InChI=1S/C13H17NO3S2/c1-13(7-8-19(16,17)10-13)14-12(15)9-18-11-5-3-2-4-6-11/h2-6H,7-10H2,1H3,(H,14,15)/t13-/m1/s1. The van der Waals surface area contributed by atoms with Gasteiger partial charge in [0.05, 0.1) is 22.8 Å². The fraction of sp³-hybridized carbons (Fsp3) is 0.462. The molecule has 6 heteroatoms. The molecule has 19 heavy (non-hydrogen) atoms. The van der Waals surface area contributed by atoms with Crippen LogP contribution in [0.5, 0.6) is 0 Å². The highest BCUT2D eigenvalue weighted by Gasteiger charge is 2.39. The third-order valence-corrected chi connectivity index (χ3v) is 5.97. The monoisotopic (exact) mass is 299 g/mol. The summed E-state index contributed by atoms with van der Waals surface area (Å²) in [5, 5.41) is 2.84. The van der Waals surface area contributed by atoms with E-state index in [1.165, 1.54) is 11.8 Å². The van der Waals surface area contributed by atoms with Crippen LogP contribution >= 0.6 is 11.8 Å². The first-order valence-electron chi connectivity index (χ1n) is 6.08. The number of rotatable bonds is 4. The highest BCUT2D eigenvalue weighted by molar-refractivity contribution is 8.00. The predicted molar refractivity (Wildman–Crippen MR) is 77.0 cm³/mol. The van der Waals surface area contributed by atoms with Crippen molar-refractivity contribution >= 4 is 27.5 Å². The normalized spacial score (nSPS) is 25.1. The second-order valence-corrected chi connectivity index (χ2v) is 8.29. The Bertz CT molecular complexity index is 557. The van der Waals surface area contributed by atoms with Gasteiger partial charge in [-0.3, -0.25) is 4.79 Å². The number of thioether (sulfide) groups is 1. The van der Waals surface area contributed by atoms with Crippen molar-refractivity contribution in [2.45, 2.75) is 23.8 Å². The summed E-state index contributed by atoms with van der Waals surface area (Å²) in [7, 11) is -2.99. The van der Waals surface area contributed by atoms with Crippen LogP contribution in [0.3, 0.4) is 0 Å². The lowest BCUT2D eigenvalue weighted by molar-refractivity contribution is -0.120. The summed E-state index contributed by atoms with van der Waals surface area (Å²) >= 11 is 1.45. The molecule has 0 aliphatic carbocycles. The third kappa shape index (κ3) is 4.24. The van der Waals surface area contributed by atoms with E-state index in [0.29, 0.717) is 12.2 Å². The summed E-state index contributed by atoms with van der Waals surface area (Å²) in [6.45, 7) is 1.79. The molecule has 1 N–H and O–H groups in total. The average molecular weight is 299 g/mol. The van der Waals surface area contributed by atoms with Gasteiger partial charge < -0.3 is 5.32 Å². The summed E-state index contributed by atoms with van der Waals surface area (Å²) in [6.07, 6.45) is 0.497. The van der Waals surface area contributed by atoms with Gasteiger partial charge in [0.1, 0.15) is 0 Å². The molecule has 0 spiro atoms. The highest BCUT2D eigenvalue weighted by Crippen LogP contribution is 2.23. The maximum Gasteiger partial charge on any atom is 0.230 e. The van der Waals surface area contributed by atoms with E-state index in [1.807, 2.05) is 30.3 Å². The molecule has 0 saturated carbocycles. The smallest absolute Gasteiger partial charge is 0.230 e. The Labute approximate surface area is 117 Å². The van der Waals surface area contributed by atoms with Gasteiger partial charge in [-0.25, -0.2) is 8.42 Å². The van der Waals surface area contributed by atoms with Crippen LogP contribution in [-0.2, 0) is 14.6 Å². The maximum absolute atomic E-state index is 11.9. The molecule has 1 amide bonds. The fourth-order valence-electron chi connectivity index (χ4n) is 2.15. The number of benzene rings is 1. The van der Waals surface area contributed by atoms with Crippen LogP contribution in [0.4, 0.5) is 0 Å². The molecule has 1 aromatic rings. The predicted octanol–water partition coefficient (Wildman–Crippen LogP) is 1.47. The lowest BCUT2D eigenvalue weighted by Gasteiger charge is -2.23. The molecule has 1 saturated heterocycles. The molecule has 4 nitrogen and oxygen atoms in total. The van der Waals surface area contributed by atoms with Crippen LogP contribution in [0.2, 0.25) is 0 Å². The van der Waals surface area contributed by atoms with Crippen LogP contribution < -0.4 is 5.32 Å². The van der Waals surface area contributed by atoms with E-state index in [-0.39, 0.29) is 17.4 Å². The molecule has 1 fully saturated rings. The van der Waals surface area contributed by atoms with Gasteiger partial charge in [-0.15, -0.1) is 11.8 Å². The topological polar surface area (TPSA) is 63.2 Å². The SMILES string of the molecule is C[C@@]1(NC(=O)CSc2ccccc2)CCS(=O)(=O)C1. The summed E-state index contributed by atoms with van der Waals surface area (Å²) in [6, 6.07) is 9.66. The molecule has 1 atom stereocenters. The zero-order valence-corrected chi connectivity index (χ0v) is 12.4. The van der Waals surface area contributed by atoms with Crippen molar-refractivity contribution < 1.29 is 13.2 Å². The Hall–Kier alpha value is -1.01. The zero-order chi connectivity index (χ0) is 13.9. The van der Waals surface area contributed by atoms with Crippen molar-refractivity contribution in [3.8, 4) is 0 Å². The molecule has 0 radical (unpaired) electrons. The summed E-state index contributed by atoms with van der Waals surface area (Å²) in [5.74, 6) is 0.394. The number of nitrogens with one attached hydrogen (secondary N) is 1. The zero-order valence-electron chi connectivity index (χ0n) is 10.8. The van der Waals surface area contributed by atoms with Crippen LogP contribution in [0.25, 0.3) is 0 Å². The van der Waals surface area contributed by atoms with Crippen molar-refractivity contribution in [1.82, 2.24) is 5.32 Å². The second kappa shape index (κ2) is 5.54. The molecule has 104 valence electrons. The van der Waals surface area contributed by atoms with E-state index >= 15 is 0 Å². The van der Waals surface area contributed by atoms with Gasteiger partial charge in [-0.2, -0.15) is 0 Å². The van der Waals surface area contributed by atoms with Gasteiger partial charge in [-0.1, -0.05) is 18.2 Å². The van der Waals surface area contributed by atoms with Crippen LogP contribution in [0, 0.1) is 0 Å². The summed E-state index contributed by atoms with van der Waals surface area (Å²) in [5.41, 5.74) is -0.604. The molecule has 0 aromatic heterocycles. The van der Waals surface area contributed by atoms with Crippen LogP contribution in [-0.4, -0.2) is 37.1 Å². The molecular weight excluding hydrogens is 282 g/mol. The van der Waals surface area contributed by atoms with E-state index in [9.17, 15) is 13.2 Å². The van der Waals surface area contributed by atoms with Gasteiger partial charge >= 0.3 is 0 Å². The van der Waals surface area contributed by atoms with Crippen molar-refractivity contribution in [1.29, 1.82) is 0 Å². The van der Waals surface area contributed by atoms with E-state index in [4.69, 9.17) is 0 Å². The Morgan fingerprint density at radius 2 is 2.05 bits per heavy atom. The van der Waals surface area contributed by atoms with Crippen molar-refractivity contribution in [3.63, 3.8) is 0 Å². The average Bonchev–Trinajstić information content (AvgIpc) is 2.62. The minimum Gasteiger partial charge on any atom is -0.349 e. The lowest BCUT2D eigenvalue weighted by Crippen LogP contribution is -2.47. The molecular formula is C13H17NO3S2. The van der Waals surface area contributed by atoms with Crippen molar-refractivity contribution in [3.05, 3.63) is 30.3 Å². The minimum absolute atomic E-state index is 0.0434. The van der Waals surface area contributed by atoms with Gasteiger partial charge in [0.25, 0.3) is 0 Å². The van der Waals surface area contributed by atoms with Gasteiger partial charge in [0, 0.05) is 4.90 Å². The van der Waals surface area contributed by atoms with E-state index < -0.39 is 15.4 Å². The molecule has 1 heterocycles. The first-order chi connectivity index (χ1) is 8.89. The summed E-state index contributed by atoms with van der Waals surface area (Å²) < 4.78 is 22.9. The number of hydrogen-bond acceptors (Lipinski definition) is 4. The Morgan fingerprint density at radius 3 is 2.63 bits per heavy atom. The quantitative estimate of drug-likeness (QED) is 0.855. The first kappa shape index (κ1) is 14.4. The number of sulfone groups is 1. The van der Waals surface area contributed by atoms with Crippen LogP contribution in [0.1, 0.15) is 13.3 Å². The Balaban J connectivity index is 1.85. The van der Waals surface area contributed by atoms with Gasteiger partial charge in [0.15, 0.2) is 9.84 Å². The molecule has 0 unspecified atom stereocenters. The van der Waals surface area contributed by atoms with E-state index in [0.717, 1.165) is 4.90 Å². The first-order valence-corrected chi connectivity index (χ1v) is 8.89. The third-order valence-electron chi connectivity index (χ3n) is 3.06. The molecule has 2 rings (SSSR count). The van der Waals surface area contributed by atoms with Gasteiger partial charge in [0.2, 0.25) is 5.91 Å². The Morgan fingerprint density at radius 1 is 1.37 bits per heavy atom. The van der Waals surface area contributed by atoms with E-state index in [1.54, 1.807) is 6.92 Å². The fourth-order valence-corrected chi connectivity index (χ4v) is 4.96. The molecule has 1 aliphatic heterocycles. The minimum atomic E-state index is -2.99. The molecule has 1 aliphatic rings.